The third-order valence-corrected chi connectivity index (χ3v) is 3.97. The Bertz CT molecular complexity index is 623. The summed E-state index contributed by atoms with van der Waals surface area (Å²) < 4.78 is 11.6. The van der Waals surface area contributed by atoms with Crippen LogP contribution in [0.25, 0.3) is 0 Å². The molecule has 0 spiro atoms. The Morgan fingerprint density at radius 3 is 2.39 bits per heavy atom. The Kier molecular flexibility index (Phi) is 6.48. The van der Waals surface area contributed by atoms with E-state index < -0.39 is 0 Å². The third-order valence-electron chi connectivity index (χ3n) is 3.97. The molecular weight excluding hydrogens is 286 g/mol. The number of hydrogen-bond acceptors (Lipinski definition) is 3. The van der Waals surface area contributed by atoms with Gasteiger partial charge in [-0.1, -0.05) is 36.4 Å². The highest BCUT2D eigenvalue weighted by molar-refractivity contribution is 5.47. The van der Waals surface area contributed by atoms with Gasteiger partial charge in [-0.15, -0.1) is 0 Å². The smallest absolute Gasteiger partial charge is 0.164 e. The molecule has 2 rings (SSSR count). The number of rotatable bonds is 8. The number of benzene rings is 2. The molecular formula is C20H27NO2. The van der Waals surface area contributed by atoms with E-state index >= 15 is 0 Å². The van der Waals surface area contributed by atoms with Crippen molar-refractivity contribution in [2.45, 2.75) is 26.4 Å². The molecule has 0 N–H and O–H groups in total. The fraction of sp³-hybridized carbons (Fsp3) is 0.400. The Hall–Kier alpha value is -2.00. The van der Waals surface area contributed by atoms with E-state index in [1.165, 1.54) is 16.7 Å². The highest BCUT2D eigenvalue weighted by Crippen LogP contribution is 2.32. The maximum atomic E-state index is 6.14. The molecule has 0 atom stereocenters. The highest BCUT2D eigenvalue weighted by atomic mass is 16.5. The monoisotopic (exact) mass is 313 g/mol. The molecule has 3 heteroatoms. The van der Waals surface area contributed by atoms with Crippen molar-refractivity contribution >= 4 is 0 Å². The summed E-state index contributed by atoms with van der Waals surface area (Å²) in [6.07, 6.45) is 2.08. The van der Waals surface area contributed by atoms with Gasteiger partial charge in [-0.3, -0.25) is 0 Å². The number of hydrogen-bond donors (Lipinski definition) is 0. The van der Waals surface area contributed by atoms with Gasteiger partial charge in [0.25, 0.3) is 0 Å². The Morgan fingerprint density at radius 2 is 1.70 bits per heavy atom. The average molecular weight is 313 g/mol. The summed E-state index contributed by atoms with van der Waals surface area (Å²) in [4.78, 5) is 2.20. The van der Waals surface area contributed by atoms with Crippen molar-refractivity contribution in [3.8, 4) is 11.5 Å². The molecule has 2 aromatic carbocycles. The van der Waals surface area contributed by atoms with Gasteiger partial charge < -0.3 is 14.4 Å². The Balaban J connectivity index is 2.13. The van der Waals surface area contributed by atoms with E-state index in [2.05, 4.69) is 50.2 Å². The van der Waals surface area contributed by atoms with E-state index in [4.69, 9.17) is 9.47 Å². The van der Waals surface area contributed by atoms with Crippen LogP contribution in [0, 0.1) is 6.92 Å². The van der Waals surface area contributed by atoms with Crippen LogP contribution >= 0.6 is 0 Å². The largest absolute Gasteiger partial charge is 0.493 e. The van der Waals surface area contributed by atoms with Gasteiger partial charge in [-0.05, 0) is 63.2 Å². The number of ether oxygens (including phenoxy) is 2. The summed E-state index contributed by atoms with van der Waals surface area (Å²) in [6.45, 7) is 3.74. The van der Waals surface area contributed by atoms with Crippen molar-refractivity contribution in [1.29, 1.82) is 0 Å². The first-order valence-corrected chi connectivity index (χ1v) is 8.09. The molecule has 0 aliphatic carbocycles. The van der Waals surface area contributed by atoms with E-state index in [-0.39, 0.29) is 0 Å². The van der Waals surface area contributed by atoms with Crippen LogP contribution in [0.15, 0.2) is 42.5 Å². The summed E-state index contributed by atoms with van der Waals surface area (Å²) in [5.74, 6) is 1.68. The molecule has 0 amide bonds. The lowest BCUT2D eigenvalue weighted by atomic mass is 10.1. The van der Waals surface area contributed by atoms with Gasteiger partial charge in [-0.25, -0.2) is 0 Å². The van der Waals surface area contributed by atoms with Crippen LogP contribution in [0.4, 0.5) is 0 Å². The summed E-state index contributed by atoms with van der Waals surface area (Å²) >= 11 is 0. The van der Waals surface area contributed by atoms with Crippen molar-refractivity contribution in [3.05, 3.63) is 59.2 Å². The highest BCUT2D eigenvalue weighted by Gasteiger charge is 2.11. The van der Waals surface area contributed by atoms with Crippen molar-refractivity contribution in [2.24, 2.45) is 0 Å². The van der Waals surface area contributed by atoms with E-state index in [0.717, 1.165) is 30.9 Å². The van der Waals surface area contributed by atoms with Crippen molar-refractivity contribution in [2.75, 3.05) is 27.7 Å². The van der Waals surface area contributed by atoms with Gasteiger partial charge in [0.05, 0.1) is 7.11 Å². The predicted octanol–water partition coefficient (Wildman–Crippen LogP) is 4.08. The fourth-order valence-electron chi connectivity index (χ4n) is 2.59. The van der Waals surface area contributed by atoms with Gasteiger partial charge in [0.1, 0.15) is 6.61 Å². The summed E-state index contributed by atoms with van der Waals surface area (Å²) in [6, 6.07) is 14.4. The van der Waals surface area contributed by atoms with Gasteiger partial charge >= 0.3 is 0 Å². The molecule has 0 unspecified atom stereocenters. The normalized spacial score (nSPS) is 10.8. The number of methoxy groups -OCH3 is 1. The van der Waals surface area contributed by atoms with Crippen LogP contribution in [0.3, 0.4) is 0 Å². The van der Waals surface area contributed by atoms with Crippen LogP contribution in [0.2, 0.25) is 0 Å². The number of aryl methyl sites for hydroxylation is 2. The van der Waals surface area contributed by atoms with Crippen LogP contribution in [-0.2, 0) is 13.0 Å². The van der Waals surface area contributed by atoms with Crippen molar-refractivity contribution < 1.29 is 9.47 Å². The Labute approximate surface area is 139 Å². The summed E-state index contributed by atoms with van der Waals surface area (Å²) in [5, 5.41) is 0. The maximum absolute atomic E-state index is 6.14. The molecule has 0 saturated carbocycles. The molecule has 0 saturated heterocycles. The van der Waals surface area contributed by atoms with Crippen molar-refractivity contribution in [3.63, 3.8) is 0 Å². The predicted molar refractivity (Wildman–Crippen MR) is 95.4 cm³/mol. The standard InChI is InChI=1S/C20H27NO2/c1-16-9-5-6-10-18(16)15-23-20-17(12-8-14-21(2)3)11-7-13-19(20)22-4/h5-7,9-11,13H,8,12,14-15H2,1-4H3. The molecule has 0 aliphatic heterocycles. The van der Waals surface area contributed by atoms with Crippen LogP contribution in [-0.4, -0.2) is 32.6 Å². The van der Waals surface area contributed by atoms with Crippen LogP contribution < -0.4 is 9.47 Å². The van der Waals surface area contributed by atoms with Crippen LogP contribution in [0.1, 0.15) is 23.1 Å². The third kappa shape index (κ3) is 5.00. The topological polar surface area (TPSA) is 21.7 Å². The van der Waals surface area contributed by atoms with Gasteiger partial charge in [0.2, 0.25) is 0 Å². The molecule has 124 valence electrons. The molecule has 0 fully saturated rings. The zero-order valence-corrected chi connectivity index (χ0v) is 14.6. The average Bonchev–Trinajstić information content (AvgIpc) is 2.54. The maximum Gasteiger partial charge on any atom is 0.164 e. The van der Waals surface area contributed by atoms with E-state index in [0.29, 0.717) is 6.61 Å². The van der Waals surface area contributed by atoms with E-state index in [9.17, 15) is 0 Å². The van der Waals surface area contributed by atoms with E-state index in [1.54, 1.807) is 7.11 Å². The van der Waals surface area contributed by atoms with Gasteiger partial charge in [-0.2, -0.15) is 0 Å². The summed E-state index contributed by atoms with van der Waals surface area (Å²) in [7, 11) is 5.89. The minimum Gasteiger partial charge on any atom is -0.493 e. The lowest BCUT2D eigenvalue weighted by Crippen LogP contribution is -2.13. The molecule has 0 radical (unpaired) electrons. The lowest BCUT2D eigenvalue weighted by molar-refractivity contribution is 0.280. The minimum atomic E-state index is 0.563. The minimum absolute atomic E-state index is 0.563. The summed E-state index contributed by atoms with van der Waals surface area (Å²) in [5.41, 5.74) is 3.66. The number of para-hydroxylation sites is 1. The zero-order valence-electron chi connectivity index (χ0n) is 14.6. The molecule has 2 aromatic rings. The second-order valence-electron chi connectivity index (χ2n) is 6.07. The van der Waals surface area contributed by atoms with E-state index in [1.807, 2.05) is 18.2 Å². The second-order valence-corrected chi connectivity index (χ2v) is 6.07. The second kappa shape index (κ2) is 8.59. The molecule has 3 nitrogen and oxygen atoms in total. The molecule has 0 aromatic heterocycles. The van der Waals surface area contributed by atoms with Gasteiger partial charge in [0, 0.05) is 0 Å². The first kappa shape index (κ1) is 17.4. The fourth-order valence-corrected chi connectivity index (χ4v) is 2.59. The Morgan fingerprint density at radius 1 is 0.957 bits per heavy atom. The molecule has 0 bridgehead atoms. The van der Waals surface area contributed by atoms with Gasteiger partial charge in [0.15, 0.2) is 11.5 Å². The first-order valence-electron chi connectivity index (χ1n) is 8.09. The van der Waals surface area contributed by atoms with Crippen LogP contribution in [0.5, 0.6) is 11.5 Å². The quantitative estimate of drug-likeness (QED) is 0.733. The first-order chi connectivity index (χ1) is 11.1. The lowest BCUT2D eigenvalue weighted by Gasteiger charge is -2.16. The molecule has 0 heterocycles. The van der Waals surface area contributed by atoms with Crippen molar-refractivity contribution in [1.82, 2.24) is 4.90 Å². The number of nitrogens with zero attached hydrogens (tertiary/aromatic N) is 1. The zero-order chi connectivity index (χ0) is 16.7. The SMILES string of the molecule is COc1cccc(CCCN(C)C)c1OCc1ccccc1C. The molecule has 23 heavy (non-hydrogen) atoms. The molecule has 0 aliphatic rings.